The number of pyridine rings is 1. The van der Waals surface area contributed by atoms with Crippen molar-refractivity contribution < 1.29 is 14.3 Å². The van der Waals surface area contributed by atoms with Crippen molar-refractivity contribution in [2.24, 2.45) is 5.92 Å². The van der Waals surface area contributed by atoms with Crippen LogP contribution in [0.25, 0.3) is 11.1 Å². The molecule has 5 nitrogen and oxygen atoms in total. The summed E-state index contributed by atoms with van der Waals surface area (Å²) in [7, 11) is 3.35. The molecule has 1 aliphatic carbocycles. The maximum Gasteiger partial charge on any atom is 0.248 e. The van der Waals surface area contributed by atoms with Crippen LogP contribution in [0.3, 0.4) is 0 Å². The highest BCUT2D eigenvalue weighted by Crippen LogP contribution is 2.60. The van der Waals surface area contributed by atoms with Gasteiger partial charge in [-0.15, -0.1) is 0 Å². The van der Waals surface area contributed by atoms with Crippen LogP contribution in [0.4, 0.5) is 5.69 Å². The first kappa shape index (κ1) is 23.4. The highest BCUT2D eigenvalue weighted by atomic mass is 16.5. The van der Waals surface area contributed by atoms with Gasteiger partial charge in [0.1, 0.15) is 11.5 Å². The number of rotatable bonds is 8. The normalized spacial score (nSPS) is 15.9. The summed E-state index contributed by atoms with van der Waals surface area (Å²) in [6.45, 7) is 0. The van der Waals surface area contributed by atoms with Gasteiger partial charge in [0.25, 0.3) is 0 Å². The predicted octanol–water partition coefficient (Wildman–Crippen LogP) is 6.27. The van der Waals surface area contributed by atoms with Gasteiger partial charge < -0.3 is 14.8 Å². The van der Waals surface area contributed by atoms with Crippen LogP contribution < -0.4 is 14.8 Å². The summed E-state index contributed by atoms with van der Waals surface area (Å²) in [4.78, 5) is 16.9. The Bertz CT molecular complexity index is 1330. The first-order chi connectivity index (χ1) is 17.6. The minimum Gasteiger partial charge on any atom is -0.497 e. The van der Waals surface area contributed by atoms with Crippen molar-refractivity contribution in [3.63, 3.8) is 0 Å². The number of amides is 1. The largest absolute Gasteiger partial charge is 0.497 e. The molecule has 1 heterocycles. The zero-order valence-corrected chi connectivity index (χ0v) is 20.3. The molecule has 1 aromatic heterocycles. The summed E-state index contributed by atoms with van der Waals surface area (Å²) in [5.41, 5.74) is 4.93. The van der Waals surface area contributed by atoms with E-state index >= 15 is 0 Å². The van der Waals surface area contributed by atoms with E-state index in [1.807, 2.05) is 72.9 Å². The first-order valence-electron chi connectivity index (χ1n) is 11.9. The van der Waals surface area contributed by atoms with Crippen molar-refractivity contribution in [2.45, 2.75) is 11.8 Å². The summed E-state index contributed by atoms with van der Waals surface area (Å²) in [6.07, 6.45) is 8.13. The van der Waals surface area contributed by atoms with Gasteiger partial charge in [-0.3, -0.25) is 9.78 Å². The molecule has 0 bridgehead atoms. The van der Waals surface area contributed by atoms with Crippen molar-refractivity contribution in [2.75, 3.05) is 19.5 Å². The number of anilines is 1. The predicted molar refractivity (Wildman–Crippen MR) is 142 cm³/mol. The molecule has 0 radical (unpaired) electrons. The third-order valence-electron chi connectivity index (χ3n) is 6.81. The maximum absolute atomic E-state index is 12.7. The van der Waals surface area contributed by atoms with Crippen LogP contribution in [-0.2, 0) is 10.2 Å². The number of methoxy groups -OCH3 is 2. The van der Waals surface area contributed by atoms with E-state index in [9.17, 15) is 4.79 Å². The molecule has 1 aliphatic rings. The Morgan fingerprint density at radius 1 is 0.889 bits per heavy atom. The first-order valence-corrected chi connectivity index (χ1v) is 11.9. The van der Waals surface area contributed by atoms with E-state index in [4.69, 9.17) is 9.47 Å². The number of nitrogens with one attached hydrogen (secondary N) is 1. The Morgan fingerprint density at radius 3 is 2.14 bits per heavy atom. The molecule has 1 amide bonds. The lowest BCUT2D eigenvalue weighted by Crippen LogP contribution is -2.13. The second kappa shape index (κ2) is 10.1. The summed E-state index contributed by atoms with van der Waals surface area (Å²) in [5.74, 6) is 1.66. The van der Waals surface area contributed by atoms with Crippen molar-refractivity contribution in [1.29, 1.82) is 0 Å². The minimum absolute atomic E-state index is 0.152. The Labute approximate surface area is 211 Å². The molecule has 0 spiro atoms. The standard InChI is InChI=1S/C31H28N2O3/c1-35-28-9-3-7-24(18-28)31(25-8-4-10-29(19-25)36-2)20-26(31)13-16-30(34)33-27-14-11-22(12-15-27)23-6-5-17-32-21-23/h3-19,21,26H,20H2,1-2H3,(H,33,34)/t26-/m1/s1. The average molecular weight is 477 g/mol. The molecule has 1 N–H and O–H groups in total. The van der Waals surface area contributed by atoms with Crippen molar-refractivity contribution in [3.05, 3.63) is 121 Å². The number of carbonyl (C=O) groups is 1. The van der Waals surface area contributed by atoms with Gasteiger partial charge in [-0.05, 0) is 83.1 Å². The van der Waals surface area contributed by atoms with Crippen LogP contribution in [0, 0.1) is 5.92 Å². The third kappa shape index (κ3) is 4.73. The number of hydrogen-bond donors (Lipinski definition) is 1. The van der Waals surface area contributed by atoms with E-state index in [1.165, 1.54) is 0 Å². The molecular weight excluding hydrogens is 448 g/mol. The molecule has 0 unspecified atom stereocenters. The molecule has 1 atom stereocenters. The number of ether oxygens (including phenoxy) is 2. The Morgan fingerprint density at radius 2 is 1.56 bits per heavy atom. The Balaban J connectivity index is 1.34. The molecule has 36 heavy (non-hydrogen) atoms. The summed E-state index contributed by atoms with van der Waals surface area (Å²) in [5, 5.41) is 2.97. The van der Waals surface area contributed by atoms with Crippen molar-refractivity contribution in [3.8, 4) is 22.6 Å². The van der Waals surface area contributed by atoms with Crippen LogP contribution in [0.15, 0.2) is 109 Å². The maximum atomic E-state index is 12.7. The van der Waals surface area contributed by atoms with Gasteiger partial charge in [0.2, 0.25) is 5.91 Å². The summed E-state index contributed by atoms with van der Waals surface area (Å²) >= 11 is 0. The van der Waals surface area contributed by atoms with Gasteiger partial charge >= 0.3 is 0 Å². The van der Waals surface area contributed by atoms with Crippen molar-refractivity contribution >= 4 is 11.6 Å². The third-order valence-corrected chi connectivity index (χ3v) is 6.81. The molecule has 4 aromatic rings. The molecule has 3 aromatic carbocycles. The smallest absolute Gasteiger partial charge is 0.248 e. The van der Waals surface area contributed by atoms with Crippen molar-refractivity contribution in [1.82, 2.24) is 4.98 Å². The Kier molecular flexibility index (Phi) is 6.54. The fourth-order valence-corrected chi connectivity index (χ4v) is 4.82. The molecule has 0 aliphatic heterocycles. The molecule has 180 valence electrons. The topological polar surface area (TPSA) is 60.5 Å². The molecule has 1 fully saturated rings. The quantitative estimate of drug-likeness (QED) is 0.305. The highest BCUT2D eigenvalue weighted by Gasteiger charge is 2.55. The lowest BCUT2D eigenvalue weighted by atomic mass is 9.85. The second-order valence-corrected chi connectivity index (χ2v) is 8.91. The SMILES string of the molecule is COc1cccc(C2(c3cccc(OC)c3)C[C@H]2C=CC(=O)Nc2ccc(-c3cccnc3)cc2)c1. The monoisotopic (exact) mass is 476 g/mol. The molecule has 5 heteroatoms. The molecule has 1 saturated carbocycles. The molecule has 0 saturated heterocycles. The fraction of sp³-hybridized carbons (Fsp3) is 0.161. The average Bonchev–Trinajstić information content (AvgIpc) is 3.68. The number of nitrogens with zero attached hydrogens (tertiary/aromatic N) is 1. The van der Waals surface area contributed by atoms with Crippen LogP contribution in [-0.4, -0.2) is 25.1 Å². The van der Waals surface area contributed by atoms with E-state index in [-0.39, 0.29) is 17.2 Å². The zero-order chi connectivity index (χ0) is 25.0. The van der Waals surface area contributed by atoms with E-state index in [0.717, 1.165) is 45.9 Å². The fourth-order valence-electron chi connectivity index (χ4n) is 4.82. The summed E-state index contributed by atoms with van der Waals surface area (Å²) in [6, 6.07) is 28.0. The van der Waals surface area contributed by atoms with Gasteiger partial charge in [-0.1, -0.05) is 48.5 Å². The highest BCUT2D eigenvalue weighted by molar-refractivity contribution is 5.99. The van der Waals surface area contributed by atoms with E-state index in [1.54, 1.807) is 26.5 Å². The number of benzene rings is 3. The number of hydrogen-bond acceptors (Lipinski definition) is 4. The van der Waals surface area contributed by atoms with Gasteiger partial charge in [-0.2, -0.15) is 0 Å². The van der Waals surface area contributed by atoms with Gasteiger partial charge in [-0.25, -0.2) is 0 Å². The van der Waals surface area contributed by atoms with E-state index in [0.29, 0.717) is 0 Å². The minimum atomic E-state index is -0.231. The van der Waals surface area contributed by atoms with E-state index in [2.05, 4.69) is 34.6 Å². The number of aromatic nitrogens is 1. The number of carbonyl (C=O) groups excluding carboxylic acids is 1. The number of allylic oxidation sites excluding steroid dienone is 1. The Hall–Kier alpha value is -4.38. The van der Waals surface area contributed by atoms with Gasteiger partial charge in [0, 0.05) is 23.5 Å². The van der Waals surface area contributed by atoms with Crippen LogP contribution in [0.2, 0.25) is 0 Å². The van der Waals surface area contributed by atoms with Crippen LogP contribution in [0.1, 0.15) is 17.5 Å². The lowest BCUT2D eigenvalue weighted by molar-refractivity contribution is -0.111. The van der Waals surface area contributed by atoms with Gasteiger partial charge in [0.05, 0.1) is 14.2 Å². The van der Waals surface area contributed by atoms with Crippen LogP contribution >= 0.6 is 0 Å². The van der Waals surface area contributed by atoms with E-state index < -0.39 is 0 Å². The molecular formula is C31H28N2O3. The van der Waals surface area contributed by atoms with Gasteiger partial charge in [0.15, 0.2) is 0 Å². The lowest BCUT2D eigenvalue weighted by Gasteiger charge is -2.20. The second-order valence-electron chi connectivity index (χ2n) is 8.91. The van der Waals surface area contributed by atoms with Crippen LogP contribution in [0.5, 0.6) is 11.5 Å². The molecule has 5 rings (SSSR count). The zero-order valence-electron chi connectivity index (χ0n) is 20.3. The summed E-state index contributed by atoms with van der Waals surface area (Å²) < 4.78 is 11.0.